The molecule has 0 aliphatic carbocycles. The smallest absolute Gasteiger partial charge is 0.309 e. The minimum atomic E-state index is -3.53. The third kappa shape index (κ3) is 5.60. The zero-order valence-corrected chi connectivity index (χ0v) is 18.7. The van der Waals surface area contributed by atoms with Crippen LogP contribution in [0, 0.1) is 0 Å². The van der Waals surface area contributed by atoms with E-state index in [-0.39, 0.29) is 19.1 Å². The number of halogens is 1. The van der Waals surface area contributed by atoms with E-state index in [4.69, 9.17) is 11.6 Å². The van der Waals surface area contributed by atoms with Crippen LogP contribution in [0.4, 0.5) is 0 Å². The van der Waals surface area contributed by atoms with Crippen LogP contribution >= 0.6 is 22.9 Å². The van der Waals surface area contributed by atoms with Gasteiger partial charge in [0, 0.05) is 30.7 Å². The second-order valence-electron chi connectivity index (χ2n) is 7.02. The second kappa shape index (κ2) is 10.4. The van der Waals surface area contributed by atoms with Crippen LogP contribution in [0.3, 0.4) is 0 Å². The van der Waals surface area contributed by atoms with Crippen molar-refractivity contribution in [2.24, 2.45) is 0 Å². The van der Waals surface area contributed by atoms with Gasteiger partial charge in [-0.05, 0) is 42.3 Å². The number of carbonyl (C=O) groups is 2. The molecule has 2 amide bonds. The lowest BCUT2D eigenvalue weighted by atomic mass is 10.0. The highest BCUT2D eigenvalue weighted by atomic mass is 35.5. The first kappa shape index (κ1) is 22.7. The largest absolute Gasteiger partial charge is 0.348 e. The summed E-state index contributed by atoms with van der Waals surface area (Å²) in [6, 6.07) is 10.2. The van der Waals surface area contributed by atoms with Crippen molar-refractivity contribution < 1.29 is 18.0 Å². The predicted octanol–water partition coefficient (Wildman–Crippen LogP) is 2.77. The third-order valence-electron chi connectivity index (χ3n) is 5.00. The van der Waals surface area contributed by atoms with E-state index in [9.17, 15) is 18.0 Å². The number of hydrogen-bond acceptors (Lipinski definition) is 5. The number of thiophene rings is 1. The van der Waals surface area contributed by atoms with Gasteiger partial charge in [-0.3, -0.25) is 9.59 Å². The average Bonchev–Trinajstić information content (AvgIpc) is 3.29. The molecule has 0 unspecified atom stereocenters. The summed E-state index contributed by atoms with van der Waals surface area (Å²) in [5.74, 6) is -1.49. The van der Waals surface area contributed by atoms with Crippen LogP contribution in [0.2, 0.25) is 5.02 Å². The van der Waals surface area contributed by atoms with Crippen molar-refractivity contribution >= 4 is 44.8 Å². The fourth-order valence-electron chi connectivity index (χ4n) is 3.43. The summed E-state index contributed by atoms with van der Waals surface area (Å²) in [5.41, 5.74) is 0.719. The van der Waals surface area contributed by atoms with Crippen molar-refractivity contribution in [3.8, 4) is 0 Å². The Morgan fingerprint density at radius 2 is 1.87 bits per heavy atom. The molecular formula is C20H24ClN3O4S2. The molecule has 1 aliphatic rings. The van der Waals surface area contributed by atoms with E-state index in [1.807, 2.05) is 0 Å². The molecule has 2 aromatic rings. The maximum Gasteiger partial charge on any atom is 0.309 e. The van der Waals surface area contributed by atoms with Gasteiger partial charge in [0.15, 0.2) is 0 Å². The summed E-state index contributed by atoms with van der Waals surface area (Å²) >= 11 is 7.24. The molecule has 1 fully saturated rings. The fourth-order valence-corrected chi connectivity index (χ4v) is 6.48. The van der Waals surface area contributed by atoms with Gasteiger partial charge in [0.2, 0.25) is 0 Å². The maximum atomic E-state index is 12.9. The normalized spacial score (nSPS) is 17.4. The Bertz CT molecular complexity index is 980. The number of nitrogens with zero attached hydrogens (tertiary/aromatic N) is 1. The van der Waals surface area contributed by atoms with E-state index >= 15 is 0 Å². The van der Waals surface area contributed by atoms with Crippen LogP contribution in [-0.4, -0.2) is 43.7 Å². The van der Waals surface area contributed by atoms with Crippen molar-refractivity contribution in [2.45, 2.75) is 42.5 Å². The minimum absolute atomic E-state index is 0.154. The highest BCUT2D eigenvalue weighted by Gasteiger charge is 2.33. The third-order valence-corrected chi connectivity index (χ3v) is 8.69. The summed E-state index contributed by atoms with van der Waals surface area (Å²) in [6.45, 7) is 0.845. The lowest BCUT2D eigenvalue weighted by Gasteiger charge is -2.34. The van der Waals surface area contributed by atoms with Gasteiger partial charge in [0.05, 0.1) is 0 Å². The standard InChI is InChI=1S/C20H24ClN3O4S2/c21-17-8-2-1-6-15(17)14-23-20(26)19(25)22-11-10-16-7-3-4-12-24(16)30(27,28)18-9-5-13-29-18/h1-2,5-6,8-9,13,16H,3-4,7,10-12,14H2,(H,22,25)(H,23,26)/t16-/m0/s1. The molecule has 3 rings (SSSR count). The molecule has 0 radical (unpaired) electrons. The summed E-state index contributed by atoms with van der Waals surface area (Å²) < 4.78 is 27.6. The van der Waals surface area contributed by atoms with Gasteiger partial charge in [0.25, 0.3) is 10.0 Å². The fraction of sp³-hybridized carbons (Fsp3) is 0.400. The van der Waals surface area contributed by atoms with E-state index in [1.165, 1.54) is 15.6 Å². The van der Waals surface area contributed by atoms with Gasteiger partial charge in [-0.15, -0.1) is 11.3 Å². The Labute approximate surface area is 185 Å². The SMILES string of the molecule is O=C(NCC[C@@H]1CCCCN1S(=O)(=O)c1cccs1)C(=O)NCc1ccccc1Cl. The number of sulfonamides is 1. The van der Waals surface area contributed by atoms with Gasteiger partial charge in [-0.1, -0.05) is 42.3 Å². The zero-order valence-electron chi connectivity index (χ0n) is 16.3. The van der Waals surface area contributed by atoms with Crippen LogP contribution < -0.4 is 10.6 Å². The number of nitrogens with one attached hydrogen (secondary N) is 2. The van der Waals surface area contributed by atoms with Crippen molar-refractivity contribution in [3.63, 3.8) is 0 Å². The Hall–Kier alpha value is -1.94. The molecule has 2 N–H and O–H groups in total. The van der Waals surface area contributed by atoms with E-state index in [0.29, 0.717) is 22.2 Å². The number of benzene rings is 1. The molecule has 1 aromatic carbocycles. The molecule has 0 bridgehead atoms. The molecule has 7 nitrogen and oxygen atoms in total. The molecule has 1 aliphatic heterocycles. The number of piperidine rings is 1. The molecule has 2 heterocycles. The van der Waals surface area contributed by atoms with Crippen LogP contribution in [0.25, 0.3) is 0 Å². The Morgan fingerprint density at radius 3 is 2.60 bits per heavy atom. The van der Waals surface area contributed by atoms with Gasteiger partial charge >= 0.3 is 11.8 Å². The molecule has 1 atom stereocenters. The zero-order chi connectivity index (χ0) is 21.6. The maximum absolute atomic E-state index is 12.9. The van der Waals surface area contributed by atoms with Crippen molar-refractivity contribution in [3.05, 3.63) is 52.4 Å². The highest BCUT2D eigenvalue weighted by Crippen LogP contribution is 2.29. The van der Waals surface area contributed by atoms with Crippen LogP contribution in [0.1, 0.15) is 31.2 Å². The van der Waals surface area contributed by atoms with Crippen LogP contribution in [-0.2, 0) is 26.2 Å². The molecule has 10 heteroatoms. The van der Waals surface area contributed by atoms with Gasteiger partial charge in [0.1, 0.15) is 4.21 Å². The Balaban J connectivity index is 1.50. The summed E-state index contributed by atoms with van der Waals surface area (Å²) in [7, 11) is -3.53. The topological polar surface area (TPSA) is 95.6 Å². The quantitative estimate of drug-likeness (QED) is 0.609. The van der Waals surface area contributed by atoms with E-state index in [2.05, 4.69) is 10.6 Å². The molecule has 1 aromatic heterocycles. The van der Waals surface area contributed by atoms with E-state index < -0.39 is 21.8 Å². The lowest BCUT2D eigenvalue weighted by Crippen LogP contribution is -2.46. The molecule has 162 valence electrons. The van der Waals surface area contributed by atoms with Crippen LogP contribution in [0.15, 0.2) is 46.0 Å². The number of carbonyl (C=O) groups excluding carboxylic acids is 2. The van der Waals surface area contributed by atoms with Gasteiger partial charge < -0.3 is 10.6 Å². The Morgan fingerprint density at radius 1 is 1.10 bits per heavy atom. The molecule has 1 saturated heterocycles. The summed E-state index contributed by atoms with van der Waals surface area (Å²) in [5, 5.41) is 7.38. The highest BCUT2D eigenvalue weighted by molar-refractivity contribution is 7.91. The minimum Gasteiger partial charge on any atom is -0.348 e. The predicted molar refractivity (Wildman–Crippen MR) is 117 cm³/mol. The summed E-state index contributed by atoms with van der Waals surface area (Å²) in [4.78, 5) is 24.1. The first-order valence-corrected chi connectivity index (χ1v) is 12.4. The average molecular weight is 470 g/mol. The lowest BCUT2D eigenvalue weighted by molar-refractivity contribution is -0.139. The summed E-state index contributed by atoms with van der Waals surface area (Å²) in [6.07, 6.45) is 2.94. The first-order valence-electron chi connectivity index (χ1n) is 9.74. The first-order chi connectivity index (χ1) is 14.4. The molecule has 0 spiro atoms. The molecule has 30 heavy (non-hydrogen) atoms. The molecular weight excluding hydrogens is 446 g/mol. The van der Waals surface area contributed by atoms with Crippen molar-refractivity contribution in [1.82, 2.24) is 14.9 Å². The van der Waals surface area contributed by atoms with E-state index in [1.54, 1.807) is 41.8 Å². The second-order valence-corrected chi connectivity index (χ2v) is 10.5. The molecule has 0 saturated carbocycles. The van der Waals surface area contributed by atoms with Gasteiger partial charge in [-0.25, -0.2) is 8.42 Å². The van der Waals surface area contributed by atoms with E-state index in [0.717, 1.165) is 24.8 Å². The number of rotatable bonds is 7. The van der Waals surface area contributed by atoms with Crippen LogP contribution in [0.5, 0.6) is 0 Å². The monoisotopic (exact) mass is 469 g/mol. The van der Waals surface area contributed by atoms with Crippen molar-refractivity contribution in [1.29, 1.82) is 0 Å². The van der Waals surface area contributed by atoms with Crippen molar-refractivity contribution in [2.75, 3.05) is 13.1 Å². The number of hydrogen-bond donors (Lipinski definition) is 2. The van der Waals surface area contributed by atoms with Gasteiger partial charge in [-0.2, -0.15) is 4.31 Å². The Kier molecular flexibility index (Phi) is 7.87. The number of amides is 2.